The highest BCUT2D eigenvalue weighted by Gasteiger charge is 2.20. The Morgan fingerprint density at radius 2 is 1.89 bits per heavy atom. The molecule has 0 bridgehead atoms. The largest absolute Gasteiger partial charge is 0.351 e. The normalized spacial score (nSPS) is 11.9. The predicted molar refractivity (Wildman–Crippen MR) is 105 cm³/mol. The maximum absolute atomic E-state index is 13.2. The number of primary amides is 1. The molecule has 1 aromatic heterocycles. The highest BCUT2D eigenvalue weighted by atomic mass is 32.2. The molecule has 0 aliphatic heterocycles. The van der Waals surface area contributed by atoms with E-state index in [1.54, 1.807) is 43.3 Å². The summed E-state index contributed by atoms with van der Waals surface area (Å²) < 4.78 is 14.6. The van der Waals surface area contributed by atoms with Crippen LogP contribution in [0.3, 0.4) is 0 Å². The number of nitrogens with one attached hydrogen (secondary N) is 1. The highest BCUT2D eigenvalue weighted by Crippen LogP contribution is 2.23. The van der Waals surface area contributed by atoms with E-state index in [0.717, 1.165) is 11.8 Å². The molecule has 0 fully saturated rings. The van der Waals surface area contributed by atoms with Crippen LogP contribution in [0.4, 0.5) is 9.18 Å². The maximum Gasteiger partial charge on any atom is 0.318 e. The lowest BCUT2D eigenvalue weighted by Crippen LogP contribution is -2.39. The minimum absolute atomic E-state index is 0.156. The van der Waals surface area contributed by atoms with Crippen LogP contribution in [-0.2, 0) is 11.3 Å². The number of benzene rings is 2. The van der Waals surface area contributed by atoms with Crippen LogP contribution in [0.15, 0.2) is 58.5 Å². The van der Waals surface area contributed by atoms with E-state index in [9.17, 15) is 18.8 Å². The van der Waals surface area contributed by atoms with Crippen molar-refractivity contribution in [1.82, 2.24) is 14.9 Å². The van der Waals surface area contributed by atoms with Gasteiger partial charge in [0.05, 0.1) is 22.7 Å². The number of thioether (sulfide) groups is 1. The topological polar surface area (TPSA) is 107 Å². The SMILES string of the molecule is C[C@@H](Sc1nc2ccccc2c(=O)n1Cc1ccc(F)cc1)C(=O)NC(N)=O. The van der Waals surface area contributed by atoms with Crippen LogP contribution in [0.1, 0.15) is 12.5 Å². The number of nitrogens with two attached hydrogens (primary N) is 1. The Morgan fingerprint density at radius 1 is 1.21 bits per heavy atom. The van der Waals surface area contributed by atoms with Crippen molar-refractivity contribution in [3.8, 4) is 0 Å². The number of rotatable bonds is 5. The van der Waals surface area contributed by atoms with E-state index in [-0.39, 0.29) is 17.9 Å². The Bertz CT molecular complexity index is 1100. The maximum atomic E-state index is 13.2. The second-order valence-electron chi connectivity index (χ2n) is 6.04. The van der Waals surface area contributed by atoms with E-state index < -0.39 is 17.2 Å². The van der Waals surface area contributed by atoms with Crippen molar-refractivity contribution in [2.45, 2.75) is 23.9 Å². The molecule has 9 heteroatoms. The van der Waals surface area contributed by atoms with Gasteiger partial charge in [0.15, 0.2) is 5.16 Å². The van der Waals surface area contributed by atoms with Gasteiger partial charge in [-0.2, -0.15) is 0 Å². The van der Waals surface area contributed by atoms with Crippen LogP contribution in [-0.4, -0.2) is 26.7 Å². The molecule has 0 saturated carbocycles. The number of amides is 3. The zero-order valence-corrected chi connectivity index (χ0v) is 15.7. The Kier molecular flexibility index (Phi) is 5.74. The first kappa shape index (κ1) is 19.6. The van der Waals surface area contributed by atoms with Gasteiger partial charge in [-0.05, 0) is 36.8 Å². The smallest absolute Gasteiger partial charge is 0.318 e. The summed E-state index contributed by atoms with van der Waals surface area (Å²) in [7, 11) is 0. The minimum atomic E-state index is -0.951. The molecule has 0 spiro atoms. The molecule has 144 valence electrons. The molecule has 3 rings (SSSR count). The van der Waals surface area contributed by atoms with Gasteiger partial charge in [0.2, 0.25) is 5.91 Å². The number of nitrogens with zero attached hydrogens (tertiary/aromatic N) is 2. The minimum Gasteiger partial charge on any atom is -0.351 e. The average molecular weight is 400 g/mol. The standard InChI is InChI=1S/C19H17FN4O3S/c1-11(16(25)23-18(21)27)28-19-22-15-5-3-2-4-14(15)17(26)24(19)10-12-6-8-13(20)9-7-12/h2-9,11H,10H2,1H3,(H3,21,23,25,27)/t11-/m1/s1. The molecule has 3 amide bonds. The molecule has 7 nitrogen and oxygen atoms in total. The van der Waals surface area contributed by atoms with E-state index in [1.807, 2.05) is 5.32 Å². The third-order valence-corrected chi connectivity index (χ3v) is 5.07. The number of aromatic nitrogens is 2. The van der Waals surface area contributed by atoms with Gasteiger partial charge in [-0.3, -0.25) is 19.5 Å². The number of imide groups is 1. The van der Waals surface area contributed by atoms with Crippen LogP contribution in [0, 0.1) is 5.82 Å². The van der Waals surface area contributed by atoms with E-state index in [2.05, 4.69) is 4.98 Å². The highest BCUT2D eigenvalue weighted by molar-refractivity contribution is 8.00. The number of halogens is 1. The molecular formula is C19H17FN4O3S. The Labute approximate surface area is 163 Å². The molecule has 0 saturated heterocycles. The van der Waals surface area contributed by atoms with Crippen LogP contribution in [0.25, 0.3) is 10.9 Å². The van der Waals surface area contributed by atoms with E-state index in [0.29, 0.717) is 21.6 Å². The molecule has 1 heterocycles. The monoisotopic (exact) mass is 400 g/mol. The lowest BCUT2D eigenvalue weighted by molar-refractivity contribution is -0.119. The lowest BCUT2D eigenvalue weighted by Gasteiger charge is -2.16. The van der Waals surface area contributed by atoms with Crippen LogP contribution in [0.5, 0.6) is 0 Å². The average Bonchev–Trinajstić information content (AvgIpc) is 2.66. The van der Waals surface area contributed by atoms with Crippen LogP contribution in [0.2, 0.25) is 0 Å². The van der Waals surface area contributed by atoms with Crippen molar-refractivity contribution in [3.63, 3.8) is 0 Å². The molecule has 0 radical (unpaired) electrons. The molecular weight excluding hydrogens is 383 g/mol. The molecule has 3 aromatic rings. The number of carbonyl (C=O) groups excluding carboxylic acids is 2. The third kappa shape index (κ3) is 4.37. The molecule has 28 heavy (non-hydrogen) atoms. The van der Waals surface area contributed by atoms with Gasteiger partial charge < -0.3 is 5.73 Å². The van der Waals surface area contributed by atoms with E-state index >= 15 is 0 Å². The summed E-state index contributed by atoms with van der Waals surface area (Å²) in [6.07, 6.45) is 0. The van der Waals surface area contributed by atoms with Gasteiger partial charge >= 0.3 is 6.03 Å². The molecule has 3 N–H and O–H groups in total. The molecule has 0 aliphatic rings. The van der Waals surface area contributed by atoms with Crippen molar-refractivity contribution in [1.29, 1.82) is 0 Å². The first-order valence-corrected chi connectivity index (χ1v) is 9.24. The fourth-order valence-corrected chi connectivity index (χ4v) is 3.49. The third-order valence-electron chi connectivity index (χ3n) is 3.98. The molecule has 0 aliphatic carbocycles. The van der Waals surface area contributed by atoms with Crippen LogP contribution < -0.4 is 16.6 Å². The summed E-state index contributed by atoms with van der Waals surface area (Å²) in [6, 6.07) is 11.7. The van der Waals surface area contributed by atoms with Gasteiger partial charge in [-0.1, -0.05) is 36.0 Å². The van der Waals surface area contributed by atoms with Crippen molar-refractivity contribution in [2.75, 3.05) is 0 Å². The fraction of sp³-hybridized carbons (Fsp3) is 0.158. The first-order valence-electron chi connectivity index (χ1n) is 8.36. The summed E-state index contributed by atoms with van der Waals surface area (Å²) in [5.41, 5.74) is 5.91. The summed E-state index contributed by atoms with van der Waals surface area (Å²) in [4.78, 5) is 40.5. The zero-order chi connectivity index (χ0) is 20.3. The Balaban J connectivity index is 2.03. The second kappa shape index (κ2) is 8.22. The van der Waals surface area contributed by atoms with Crippen molar-refractivity contribution < 1.29 is 14.0 Å². The summed E-state index contributed by atoms with van der Waals surface area (Å²) >= 11 is 1.03. The molecule has 2 aromatic carbocycles. The van der Waals surface area contributed by atoms with Gasteiger partial charge in [0, 0.05) is 0 Å². The van der Waals surface area contributed by atoms with E-state index in [1.165, 1.54) is 16.7 Å². The lowest BCUT2D eigenvalue weighted by atomic mass is 10.2. The number of carbonyl (C=O) groups is 2. The summed E-state index contributed by atoms with van der Waals surface area (Å²) in [6.45, 7) is 1.73. The fourth-order valence-electron chi connectivity index (χ4n) is 2.58. The van der Waals surface area contributed by atoms with Crippen molar-refractivity contribution in [2.24, 2.45) is 5.73 Å². The second-order valence-corrected chi connectivity index (χ2v) is 7.35. The number of fused-ring (bicyclic) bond motifs is 1. The first-order chi connectivity index (χ1) is 13.3. The van der Waals surface area contributed by atoms with Gasteiger partial charge in [0.25, 0.3) is 5.56 Å². The number of hydrogen-bond donors (Lipinski definition) is 2. The number of para-hydroxylation sites is 1. The quantitative estimate of drug-likeness (QED) is 0.505. The van der Waals surface area contributed by atoms with Crippen LogP contribution >= 0.6 is 11.8 Å². The van der Waals surface area contributed by atoms with Gasteiger partial charge in [-0.15, -0.1) is 0 Å². The van der Waals surface area contributed by atoms with Gasteiger partial charge in [-0.25, -0.2) is 14.2 Å². The Hall–Kier alpha value is -3.20. The zero-order valence-electron chi connectivity index (χ0n) is 14.9. The van der Waals surface area contributed by atoms with Crippen molar-refractivity contribution in [3.05, 3.63) is 70.3 Å². The predicted octanol–water partition coefficient (Wildman–Crippen LogP) is 2.26. The summed E-state index contributed by atoms with van der Waals surface area (Å²) in [5.74, 6) is -0.965. The number of urea groups is 1. The number of hydrogen-bond acceptors (Lipinski definition) is 5. The molecule has 0 unspecified atom stereocenters. The van der Waals surface area contributed by atoms with Gasteiger partial charge in [0.1, 0.15) is 5.82 Å². The molecule has 1 atom stereocenters. The van der Waals surface area contributed by atoms with E-state index in [4.69, 9.17) is 5.73 Å². The summed E-state index contributed by atoms with van der Waals surface area (Å²) in [5, 5.41) is 2.03. The van der Waals surface area contributed by atoms with Crippen molar-refractivity contribution >= 4 is 34.6 Å². The Morgan fingerprint density at radius 3 is 2.57 bits per heavy atom.